The molecule has 1 aromatic heterocycles. The average Bonchev–Trinajstić information content (AvgIpc) is 3.03. The molecular formula is C15H16N2O3S. The summed E-state index contributed by atoms with van der Waals surface area (Å²) in [6.07, 6.45) is 1.58. The van der Waals surface area contributed by atoms with Gasteiger partial charge in [-0.25, -0.2) is 0 Å². The number of nitrogens with zero attached hydrogens (tertiary/aromatic N) is 1. The minimum atomic E-state index is -0.221. The summed E-state index contributed by atoms with van der Waals surface area (Å²) in [4.78, 5) is 17.5. The molecule has 1 aromatic carbocycles. The molecule has 0 saturated carbocycles. The molecule has 0 fully saturated rings. The SMILES string of the molecule is COc1cccc(CNC(=O)CO/N=C/c2cccs2)c1. The lowest BCUT2D eigenvalue weighted by molar-refractivity contribution is -0.125. The molecule has 0 radical (unpaired) electrons. The lowest BCUT2D eigenvalue weighted by atomic mass is 10.2. The van der Waals surface area contributed by atoms with E-state index >= 15 is 0 Å². The number of carbonyl (C=O) groups excluding carboxylic acids is 1. The fourth-order valence-corrected chi connectivity index (χ4v) is 2.16. The third kappa shape index (κ3) is 5.27. The van der Waals surface area contributed by atoms with Gasteiger partial charge < -0.3 is 14.9 Å². The summed E-state index contributed by atoms with van der Waals surface area (Å²) in [6.45, 7) is 0.319. The summed E-state index contributed by atoms with van der Waals surface area (Å²) in [7, 11) is 1.61. The van der Waals surface area contributed by atoms with Crippen molar-refractivity contribution in [3.8, 4) is 5.75 Å². The van der Waals surface area contributed by atoms with Crippen LogP contribution in [0.4, 0.5) is 0 Å². The molecule has 0 aliphatic heterocycles. The van der Waals surface area contributed by atoms with Crippen LogP contribution in [0.25, 0.3) is 0 Å². The van der Waals surface area contributed by atoms with Crippen LogP contribution in [0.3, 0.4) is 0 Å². The molecule has 1 N–H and O–H groups in total. The van der Waals surface area contributed by atoms with Crippen molar-refractivity contribution in [2.24, 2.45) is 5.16 Å². The normalized spacial score (nSPS) is 10.5. The Morgan fingerprint density at radius 1 is 1.38 bits per heavy atom. The molecule has 0 atom stereocenters. The number of carbonyl (C=O) groups is 1. The van der Waals surface area contributed by atoms with Crippen molar-refractivity contribution >= 4 is 23.5 Å². The average molecular weight is 304 g/mol. The van der Waals surface area contributed by atoms with Crippen LogP contribution in [0.2, 0.25) is 0 Å². The van der Waals surface area contributed by atoms with Gasteiger partial charge in [0.25, 0.3) is 5.91 Å². The van der Waals surface area contributed by atoms with Crippen LogP contribution < -0.4 is 10.1 Å². The summed E-state index contributed by atoms with van der Waals surface area (Å²) < 4.78 is 5.12. The molecule has 0 unspecified atom stereocenters. The van der Waals surface area contributed by atoms with Gasteiger partial charge in [-0.2, -0.15) is 0 Å². The zero-order valence-corrected chi connectivity index (χ0v) is 12.4. The van der Waals surface area contributed by atoms with E-state index in [1.807, 2.05) is 41.8 Å². The maximum absolute atomic E-state index is 11.6. The standard InChI is InChI=1S/C15H16N2O3S/c1-19-13-5-2-4-12(8-13)9-16-15(18)11-20-17-10-14-6-3-7-21-14/h2-8,10H,9,11H2,1H3,(H,16,18)/b17-10+. The molecule has 110 valence electrons. The Balaban J connectivity index is 1.69. The minimum absolute atomic E-state index is 0.105. The first kappa shape index (κ1) is 15.1. The van der Waals surface area contributed by atoms with E-state index in [1.165, 1.54) is 0 Å². The lowest BCUT2D eigenvalue weighted by Crippen LogP contribution is -2.26. The predicted octanol–water partition coefficient (Wildman–Crippen LogP) is 2.42. The topological polar surface area (TPSA) is 59.9 Å². The third-order valence-electron chi connectivity index (χ3n) is 2.62. The fourth-order valence-electron chi connectivity index (χ4n) is 1.58. The van der Waals surface area contributed by atoms with Crippen molar-refractivity contribution in [3.63, 3.8) is 0 Å². The molecule has 21 heavy (non-hydrogen) atoms. The Bertz CT molecular complexity index is 597. The first-order chi connectivity index (χ1) is 10.3. The monoisotopic (exact) mass is 304 g/mol. The highest BCUT2D eigenvalue weighted by atomic mass is 32.1. The number of oxime groups is 1. The zero-order chi connectivity index (χ0) is 14.9. The first-order valence-electron chi connectivity index (χ1n) is 6.36. The van der Waals surface area contributed by atoms with Gasteiger partial charge in [-0.3, -0.25) is 4.79 Å². The van der Waals surface area contributed by atoms with Gasteiger partial charge in [-0.15, -0.1) is 11.3 Å². The first-order valence-corrected chi connectivity index (χ1v) is 7.24. The van der Waals surface area contributed by atoms with Gasteiger partial charge in [0.05, 0.1) is 13.3 Å². The van der Waals surface area contributed by atoms with Gasteiger partial charge in [0.2, 0.25) is 0 Å². The summed E-state index contributed by atoms with van der Waals surface area (Å²) in [5.41, 5.74) is 0.963. The number of benzene rings is 1. The maximum Gasteiger partial charge on any atom is 0.261 e. The van der Waals surface area contributed by atoms with Gasteiger partial charge in [-0.1, -0.05) is 23.4 Å². The molecule has 6 heteroatoms. The number of nitrogens with one attached hydrogen (secondary N) is 1. The van der Waals surface area contributed by atoms with Crippen LogP contribution in [-0.2, 0) is 16.2 Å². The van der Waals surface area contributed by atoms with Crippen molar-refractivity contribution in [1.82, 2.24) is 5.32 Å². The van der Waals surface area contributed by atoms with Gasteiger partial charge in [0, 0.05) is 11.4 Å². The van der Waals surface area contributed by atoms with Crippen LogP contribution >= 0.6 is 11.3 Å². The van der Waals surface area contributed by atoms with Gasteiger partial charge in [0.1, 0.15) is 5.75 Å². The summed E-state index contributed by atoms with van der Waals surface area (Å²) in [5, 5.41) is 8.44. The highest BCUT2D eigenvalue weighted by molar-refractivity contribution is 7.11. The van der Waals surface area contributed by atoms with Crippen LogP contribution in [0.5, 0.6) is 5.75 Å². The van der Waals surface area contributed by atoms with E-state index in [0.29, 0.717) is 6.54 Å². The van der Waals surface area contributed by atoms with E-state index in [1.54, 1.807) is 24.7 Å². The molecule has 1 heterocycles. The zero-order valence-electron chi connectivity index (χ0n) is 11.6. The molecule has 0 saturated heterocycles. The van der Waals surface area contributed by atoms with Crippen LogP contribution in [-0.4, -0.2) is 25.8 Å². The molecule has 0 aliphatic carbocycles. The quantitative estimate of drug-likeness (QED) is 0.631. The van der Waals surface area contributed by atoms with E-state index < -0.39 is 0 Å². The van der Waals surface area contributed by atoms with Gasteiger partial charge >= 0.3 is 0 Å². The Morgan fingerprint density at radius 2 is 2.29 bits per heavy atom. The molecular weight excluding hydrogens is 288 g/mol. The number of hydrogen-bond donors (Lipinski definition) is 1. The number of methoxy groups -OCH3 is 1. The Hall–Kier alpha value is -2.34. The Morgan fingerprint density at radius 3 is 3.05 bits per heavy atom. The van der Waals surface area contributed by atoms with Crippen LogP contribution in [0.1, 0.15) is 10.4 Å². The highest BCUT2D eigenvalue weighted by Crippen LogP contribution is 2.12. The Kier molecular flexibility index (Phi) is 5.78. The molecule has 5 nitrogen and oxygen atoms in total. The number of thiophene rings is 1. The fraction of sp³-hybridized carbons (Fsp3) is 0.200. The second kappa shape index (κ2) is 8.06. The maximum atomic E-state index is 11.6. The van der Waals surface area contributed by atoms with Crippen molar-refractivity contribution in [2.45, 2.75) is 6.54 Å². The molecule has 0 aliphatic rings. The van der Waals surface area contributed by atoms with Crippen molar-refractivity contribution in [3.05, 3.63) is 52.2 Å². The number of amides is 1. The Labute approximate surface area is 127 Å². The van der Waals surface area contributed by atoms with E-state index in [-0.39, 0.29) is 12.5 Å². The van der Waals surface area contributed by atoms with E-state index in [4.69, 9.17) is 9.57 Å². The second-order valence-electron chi connectivity index (χ2n) is 4.15. The van der Waals surface area contributed by atoms with Gasteiger partial charge in [0.15, 0.2) is 6.61 Å². The molecule has 2 rings (SSSR count). The van der Waals surface area contributed by atoms with Crippen LogP contribution in [0.15, 0.2) is 46.9 Å². The van der Waals surface area contributed by atoms with Crippen molar-refractivity contribution < 1.29 is 14.4 Å². The van der Waals surface area contributed by atoms with E-state index in [9.17, 15) is 4.79 Å². The largest absolute Gasteiger partial charge is 0.497 e. The van der Waals surface area contributed by atoms with E-state index in [0.717, 1.165) is 16.2 Å². The number of hydrogen-bond acceptors (Lipinski definition) is 5. The molecule has 0 spiro atoms. The second-order valence-corrected chi connectivity index (χ2v) is 5.13. The predicted molar refractivity (Wildman–Crippen MR) is 82.7 cm³/mol. The highest BCUT2D eigenvalue weighted by Gasteiger charge is 2.02. The van der Waals surface area contributed by atoms with Crippen LogP contribution in [0, 0.1) is 0 Å². The number of ether oxygens (including phenoxy) is 1. The lowest BCUT2D eigenvalue weighted by Gasteiger charge is -2.06. The number of rotatable bonds is 7. The van der Waals surface area contributed by atoms with Crippen molar-refractivity contribution in [1.29, 1.82) is 0 Å². The smallest absolute Gasteiger partial charge is 0.261 e. The molecule has 0 bridgehead atoms. The van der Waals surface area contributed by atoms with E-state index in [2.05, 4.69) is 10.5 Å². The molecule has 2 aromatic rings. The van der Waals surface area contributed by atoms with Gasteiger partial charge in [-0.05, 0) is 29.1 Å². The summed E-state index contributed by atoms with van der Waals surface area (Å²) >= 11 is 1.55. The summed E-state index contributed by atoms with van der Waals surface area (Å²) in [6, 6.07) is 11.4. The van der Waals surface area contributed by atoms with Crippen molar-refractivity contribution in [2.75, 3.05) is 13.7 Å². The summed E-state index contributed by atoms with van der Waals surface area (Å²) in [5.74, 6) is 0.541. The molecule has 1 amide bonds. The minimum Gasteiger partial charge on any atom is -0.497 e. The third-order valence-corrected chi connectivity index (χ3v) is 3.42.